The van der Waals surface area contributed by atoms with Crippen molar-refractivity contribution in [3.63, 3.8) is 0 Å². The molecular formula is C8H17NO2. The molecular weight excluding hydrogens is 142 g/mol. The fourth-order valence-electron chi connectivity index (χ4n) is 1.26. The van der Waals surface area contributed by atoms with Crippen molar-refractivity contribution in [2.45, 2.75) is 26.3 Å². The quantitative estimate of drug-likeness (QED) is 0.619. The van der Waals surface area contributed by atoms with Crippen LogP contribution in [0.15, 0.2) is 0 Å². The van der Waals surface area contributed by atoms with Crippen LogP contribution >= 0.6 is 0 Å². The highest BCUT2D eigenvalue weighted by molar-refractivity contribution is 4.72. The maximum atomic E-state index is 5.26. The molecule has 1 fully saturated rings. The molecule has 1 aliphatic rings. The van der Waals surface area contributed by atoms with Gasteiger partial charge in [0.25, 0.3) is 0 Å². The summed E-state index contributed by atoms with van der Waals surface area (Å²) in [6.45, 7) is 6.61. The van der Waals surface area contributed by atoms with Gasteiger partial charge in [0, 0.05) is 18.6 Å². The van der Waals surface area contributed by atoms with Gasteiger partial charge in [-0.15, -0.1) is 0 Å². The Morgan fingerprint density at radius 3 is 3.09 bits per heavy atom. The van der Waals surface area contributed by atoms with Gasteiger partial charge < -0.3 is 9.57 Å². The molecule has 0 saturated carbocycles. The molecule has 0 spiro atoms. The largest absolute Gasteiger partial charge is 0.381 e. The molecule has 3 heteroatoms. The van der Waals surface area contributed by atoms with E-state index in [0.29, 0.717) is 12.0 Å². The zero-order chi connectivity index (χ0) is 8.10. The lowest BCUT2D eigenvalue weighted by Gasteiger charge is -2.17. The molecule has 2 unspecified atom stereocenters. The van der Waals surface area contributed by atoms with Gasteiger partial charge in [-0.1, -0.05) is 0 Å². The Bertz CT molecular complexity index is 102. The van der Waals surface area contributed by atoms with Crippen molar-refractivity contribution in [1.82, 2.24) is 5.48 Å². The molecule has 66 valence electrons. The maximum absolute atomic E-state index is 5.26. The first-order valence-electron chi connectivity index (χ1n) is 4.29. The number of rotatable bonds is 4. The summed E-state index contributed by atoms with van der Waals surface area (Å²) in [5, 5.41) is 0. The molecule has 0 aromatic heterocycles. The van der Waals surface area contributed by atoms with E-state index in [9.17, 15) is 0 Å². The molecule has 0 aromatic rings. The predicted octanol–water partition coefficient (Wildman–Crippen LogP) is 0.952. The SMILES string of the molecule is CCONC(C)C1CCOC1. The van der Waals surface area contributed by atoms with Crippen molar-refractivity contribution in [1.29, 1.82) is 0 Å². The highest BCUT2D eigenvalue weighted by Gasteiger charge is 2.21. The molecule has 11 heavy (non-hydrogen) atoms. The summed E-state index contributed by atoms with van der Waals surface area (Å²) in [6.07, 6.45) is 1.15. The van der Waals surface area contributed by atoms with E-state index < -0.39 is 0 Å². The van der Waals surface area contributed by atoms with Gasteiger partial charge in [-0.25, -0.2) is 0 Å². The van der Waals surface area contributed by atoms with Crippen LogP contribution in [-0.2, 0) is 9.57 Å². The van der Waals surface area contributed by atoms with Crippen molar-refractivity contribution in [2.24, 2.45) is 5.92 Å². The Morgan fingerprint density at radius 2 is 2.55 bits per heavy atom. The minimum Gasteiger partial charge on any atom is -0.381 e. The van der Waals surface area contributed by atoms with Crippen molar-refractivity contribution in [3.05, 3.63) is 0 Å². The van der Waals surface area contributed by atoms with Crippen molar-refractivity contribution in [2.75, 3.05) is 19.8 Å². The zero-order valence-corrected chi connectivity index (χ0v) is 7.30. The van der Waals surface area contributed by atoms with Gasteiger partial charge in [0.15, 0.2) is 0 Å². The summed E-state index contributed by atoms with van der Waals surface area (Å²) in [7, 11) is 0. The topological polar surface area (TPSA) is 30.5 Å². The summed E-state index contributed by atoms with van der Waals surface area (Å²) in [5.41, 5.74) is 2.99. The molecule has 2 atom stereocenters. The molecule has 0 bridgehead atoms. The maximum Gasteiger partial charge on any atom is 0.0654 e. The normalized spacial score (nSPS) is 27.3. The molecule has 0 aromatic carbocycles. The number of hydrogen-bond donors (Lipinski definition) is 1. The van der Waals surface area contributed by atoms with Crippen molar-refractivity contribution >= 4 is 0 Å². The fraction of sp³-hybridized carbons (Fsp3) is 1.00. The predicted molar refractivity (Wildman–Crippen MR) is 43.1 cm³/mol. The summed E-state index contributed by atoms with van der Waals surface area (Å²) >= 11 is 0. The van der Waals surface area contributed by atoms with E-state index in [1.54, 1.807) is 0 Å². The van der Waals surface area contributed by atoms with E-state index in [-0.39, 0.29) is 0 Å². The standard InChI is InChI=1S/C8H17NO2/c1-3-11-9-7(2)8-4-5-10-6-8/h7-9H,3-6H2,1-2H3. The molecule has 1 heterocycles. The third-order valence-electron chi connectivity index (χ3n) is 2.09. The van der Waals surface area contributed by atoms with Gasteiger partial charge >= 0.3 is 0 Å². The number of hydroxylamine groups is 1. The summed E-state index contributed by atoms with van der Waals surface area (Å²) in [6, 6.07) is 0.414. The van der Waals surface area contributed by atoms with Gasteiger partial charge in [-0.2, -0.15) is 5.48 Å². The molecule has 1 aliphatic heterocycles. The summed E-state index contributed by atoms with van der Waals surface area (Å²) < 4.78 is 5.26. The number of nitrogens with one attached hydrogen (secondary N) is 1. The van der Waals surface area contributed by atoms with Crippen LogP contribution in [0.5, 0.6) is 0 Å². The molecule has 1 N–H and O–H groups in total. The second kappa shape index (κ2) is 4.70. The van der Waals surface area contributed by atoms with E-state index in [2.05, 4.69) is 12.4 Å². The first-order chi connectivity index (χ1) is 5.34. The highest BCUT2D eigenvalue weighted by Crippen LogP contribution is 2.15. The minimum atomic E-state index is 0.414. The Hall–Kier alpha value is -0.120. The second-order valence-electron chi connectivity index (χ2n) is 2.96. The third kappa shape index (κ3) is 2.77. The first kappa shape index (κ1) is 8.97. The van der Waals surface area contributed by atoms with Crippen molar-refractivity contribution in [3.8, 4) is 0 Å². The van der Waals surface area contributed by atoms with Crippen LogP contribution in [0.25, 0.3) is 0 Å². The monoisotopic (exact) mass is 159 g/mol. The van der Waals surface area contributed by atoms with E-state index >= 15 is 0 Å². The number of ether oxygens (including phenoxy) is 1. The average Bonchev–Trinajstić information content (AvgIpc) is 2.52. The zero-order valence-electron chi connectivity index (χ0n) is 7.30. The van der Waals surface area contributed by atoms with Gasteiger partial charge in [-0.3, -0.25) is 0 Å². The van der Waals surface area contributed by atoms with Crippen molar-refractivity contribution < 1.29 is 9.57 Å². The van der Waals surface area contributed by atoms with E-state index in [0.717, 1.165) is 26.2 Å². The fourth-order valence-corrected chi connectivity index (χ4v) is 1.26. The molecule has 0 aliphatic carbocycles. The van der Waals surface area contributed by atoms with Gasteiger partial charge in [0.05, 0.1) is 13.2 Å². The van der Waals surface area contributed by atoms with Gasteiger partial charge in [0.1, 0.15) is 0 Å². The second-order valence-corrected chi connectivity index (χ2v) is 2.96. The van der Waals surface area contributed by atoms with E-state index in [1.165, 1.54) is 0 Å². The van der Waals surface area contributed by atoms with E-state index in [4.69, 9.17) is 9.57 Å². The minimum absolute atomic E-state index is 0.414. The molecule has 0 amide bonds. The average molecular weight is 159 g/mol. The lowest BCUT2D eigenvalue weighted by atomic mass is 10.0. The first-order valence-corrected chi connectivity index (χ1v) is 4.29. The third-order valence-corrected chi connectivity index (χ3v) is 2.09. The summed E-state index contributed by atoms with van der Waals surface area (Å²) in [4.78, 5) is 5.10. The Morgan fingerprint density at radius 1 is 1.73 bits per heavy atom. The molecule has 0 radical (unpaired) electrons. The van der Waals surface area contributed by atoms with Crippen LogP contribution in [0.4, 0.5) is 0 Å². The van der Waals surface area contributed by atoms with Crippen LogP contribution in [-0.4, -0.2) is 25.9 Å². The lowest BCUT2D eigenvalue weighted by molar-refractivity contribution is 0.0123. The van der Waals surface area contributed by atoms with Crippen LogP contribution in [0, 0.1) is 5.92 Å². The molecule has 3 nitrogen and oxygen atoms in total. The summed E-state index contributed by atoms with van der Waals surface area (Å²) in [5.74, 6) is 0.626. The van der Waals surface area contributed by atoms with E-state index in [1.807, 2.05) is 6.92 Å². The molecule has 1 saturated heterocycles. The van der Waals surface area contributed by atoms with Crippen LogP contribution < -0.4 is 5.48 Å². The van der Waals surface area contributed by atoms with Gasteiger partial charge in [-0.05, 0) is 20.3 Å². The lowest BCUT2D eigenvalue weighted by Crippen LogP contribution is -2.33. The smallest absolute Gasteiger partial charge is 0.0654 e. The Balaban J connectivity index is 2.12. The van der Waals surface area contributed by atoms with Crippen LogP contribution in [0.1, 0.15) is 20.3 Å². The molecule has 1 rings (SSSR count). The highest BCUT2D eigenvalue weighted by atomic mass is 16.6. The Kier molecular flexibility index (Phi) is 3.83. The van der Waals surface area contributed by atoms with Crippen LogP contribution in [0.3, 0.4) is 0 Å². The van der Waals surface area contributed by atoms with Crippen LogP contribution in [0.2, 0.25) is 0 Å². The van der Waals surface area contributed by atoms with Gasteiger partial charge in [0.2, 0.25) is 0 Å². The number of hydrogen-bond acceptors (Lipinski definition) is 3. The Labute approximate surface area is 68.0 Å².